The molecule has 0 bridgehead atoms. The number of hydrogen-bond acceptors (Lipinski definition) is 5. The Morgan fingerprint density at radius 3 is 2.59 bits per heavy atom. The lowest BCUT2D eigenvalue weighted by Gasteiger charge is -2.11. The lowest BCUT2D eigenvalue weighted by Crippen LogP contribution is -2.12. The predicted molar refractivity (Wildman–Crippen MR) is 102 cm³/mol. The van der Waals surface area contributed by atoms with Crippen molar-refractivity contribution in [2.75, 3.05) is 12.4 Å². The number of carbonyl (C=O) groups is 1. The summed E-state index contributed by atoms with van der Waals surface area (Å²) in [4.78, 5) is 16.6. The van der Waals surface area contributed by atoms with Crippen molar-refractivity contribution in [3.05, 3.63) is 72.8 Å². The summed E-state index contributed by atoms with van der Waals surface area (Å²) in [6.07, 6.45) is 2.93. The molecule has 6 nitrogen and oxygen atoms in total. The van der Waals surface area contributed by atoms with Crippen LogP contribution in [0.25, 0.3) is 22.1 Å². The first-order valence-corrected chi connectivity index (χ1v) is 8.26. The van der Waals surface area contributed by atoms with Crippen LogP contribution in [0.2, 0.25) is 0 Å². The molecule has 134 valence electrons. The van der Waals surface area contributed by atoms with Gasteiger partial charge in [0.05, 0.1) is 24.4 Å². The monoisotopic (exact) mass is 360 g/mol. The van der Waals surface area contributed by atoms with Gasteiger partial charge < -0.3 is 19.6 Å². The van der Waals surface area contributed by atoms with Gasteiger partial charge in [0, 0.05) is 11.8 Å². The van der Waals surface area contributed by atoms with Gasteiger partial charge in [-0.05, 0) is 35.0 Å². The summed E-state index contributed by atoms with van der Waals surface area (Å²) in [7, 11) is 1.54. The molecule has 0 saturated heterocycles. The summed E-state index contributed by atoms with van der Waals surface area (Å²) in [6.45, 7) is 0. The number of ether oxygens (including phenoxy) is 1. The number of methoxy groups -OCH3 is 1. The van der Waals surface area contributed by atoms with E-state index in [0.717, 1.165) is 16.3 Å². The molecule has 0 aliphatic heterocycles. The van der Waals surface area contributed by atoms with Crippen LogP contribution in [0.5, 0.6) is 11.5 Å². The fourth-order valence-electron chi connectivity index (χ4n) is 2.93. The number of nitrogens with one attached hydrogen (secondary N) is 1. The molecule has 27 heavy (non-hydrogen) atoms. The van der Waals surface area contributed by atoms with E-state index in [0.29, 0.717) is 17.2 Å². The first-order valence-electron chi connectivity index (χ1n) is 8.26. The summed E-state index contributed by atoms with van der Waals surface area (Å²) in [5, 5.41) is 14.7. The summed E-state index contributed by atoms with van der Waals surface area (Å²) in [5.74, 6) is 0.619. The molecule has 1 amide bonds. The Kier molecular flexibility index (Phi) is 4.22. The third kappa shape index (κ3) is 3.20. The zero-order valence-electron chi connectivity index (χ0n) is 14.5. The van der Waals surface area contributed by atoms with Crippen molar-refractivity contribution in [3.63, 3.8) is 0 Å². The number of phenols is 1. The SMILES string of the molecule is COc1cc(NC(=O)c2cc3ccccc3cc2O)ccc1-c1cnco1. The summed E-state index contributed by atoms with van der Waals surface area (Å²) >= 11 is 0. The molecule has 4 aromatic rings. The van der Waals surface area contributed by atoms with Crippen molar-refractivity contribution in [1.29, 1.82) is 0 Å². The molecule has 0 aliphatic rings. The highest BCUT2D eigenvalue weighted by molar-refractivity contribution is 6.08. The molecule has 0 atom stereocenters. The van der Waals surface area contributed by atoms with E-state index in [9.17, 15) is 9.90 Å². The molecule has 4 rings (SSSR count). The highest BCUT2D eigenvalue weighted by Gasteiger charge is 2.15. The molecule has 0 radical (unpaired) electrons. The van der Waals surface area contributed by atoms with Gasteiger partial charge in [-0.15, -0.1) is 0 Å². The van der Waals surface area contributed by atoms with E-state index in [-0.39, 0.29) is 11.3 Å². The Balaban J connectivity index is 1.64. The van der Waals surface area contributed by atoms with E-state index >= 15 is 0 Å². The number of rotatable bonds is 4. The van der Waals surface area contributed by atoms with Gasteiger partial charge in [0.1, 0.15) is 11.5 Å². The number of amides is 1. The molecule has 0 spiro atoms. The van der Waals surface area contributed by atoms with Gasteiger partial charge in [-0.25, -0.2) is 4.98 Å². The van der Waals surface area contributed by atoms with E-state index in [2.05, 4.69) is 10.3 Å². The number of carbonyl (C=O) groups excluding carboxylic acids is 1. The van der Waals surface area contributed by atoms with Crippen molar-refractivity contribution in [1.82, 2.24) is 4.98 Å². The van der Waals surface area contributed by atoms with E-state index in [1.54, 1.807) is 36.5 Å². The number of oxazole rings is 1. The number of benzene rings is 3. The largest absolute Gasteiger partial charge is 0.507 e. The van der Waals surface area contributed by atoms with Crippen LogP contribution in [0.4, 0.5) is 5.69 Å². The number of phenolic OH excluding ortho intramolecular Hbond substituents is 1. The standard InChI is InChI=1S/C21H16N2O4/c1-26-19-10-15(6-7-16(19)20-11-22-12-27-20)23-21(25)17-8-13-4-2-3-5-14(13)9-18(17)24/h2-12,24H,1H3,(H,23,25). The van der Waals surface area contributed by atoms with Gasteiger partial charge in [-0.3, -0.25) is 4.79 Å². The minimum atomic E-state index is -0.410. The normalized spacial score (nSPS) is 10.7. The number of anilines is 1. The quantitative estimate of drug-likeness (QED) is 0.561. The molecule has 0 aliphatic carbocycles. The number of fused-ring (bicyclic) bond motifs is 1. The van der Waals surface area contributed by atoms with Crippen LogP contribution in [0.15, 0.2) is 71.6 Å². The van der Waals surface area contributed by atoms with Gasteiger partial charge >= 0.3 is 0 Å². The average molecular weight is 360 g/mol. The summed E-state index contributed by atoms with van der Waals surface area (Å²) in [5.41, 5.74) is 1.46. The Hall–Kier alpha value is -3.80. The van der Waals surface area contributed by atoms with Gasteiger partial charge in [0.15, 0.2) is 12.2 Å². The Morgan fingerprint density at radius 2 is 1.89 bits per heavy atom. The average Bonchev–Trinajstić information content (AvgIpc) is 3.21. The maximum atomic E-state index is 12.7. The first kappa shape index (κ1) is 16.7. The van der Waals surface area contributed by atoms with Crippen LogP contribution in [0.1, 0.15) is 10.4 Å². The van der Waals surface area contributed by atoms with Crippen molar-refractivity contribution in [2.24, 2.45) is 0 Å². The zero-order chi connectivity index (χ0) is 18.8. The van der Waals surface area contributed by atoms with Gasteiger partial charge in [0.25, 0.3) is 5.91 Å². The van der Waals surface area contributed by atoms with E-state index in [4.69, 9.17) is 9.15 Å². The summed E-state index contributed by atoms with van der Waals surface area (Å²) in [6, 6.07) is 16.0. The predicted octanol–water partition coefficient (Wildman–Crippen LogP) is 4.46. The lowest BCUT2D eigenvalue weighted by molar-refractivity contribution is 0.102. The zero-order valence-corrected chi connectivity index (χ0v) is 14.5. The van der Waals surface area contributed by atoms with Gasteiger partial charge in [-0.2, -0.15) is 0 Å². The number of hydrogen-bond donors (Lipinski definition) is 2. The Labute approximate surface area is 155 Å². The molecule has 1 heterocycles. The summed E-state index contributed by atoms with van der Waals surface area (Å²) < 4.78 is 10.7. The van der Waals surface area contributed by atoms with E-state index < -0.39 is 5.91 Å². The molecular formula is C21H16N2O4. The molecule has 6 heteroatoms. The molecule has 3 aromatic carbocycles. The third-order valence-electron chi connectivity index (χ3n) is 4.27. The van der Waals surface area contributed by atoms with Gasteiger partial charge in [0.2, 0.25) is 0 Å². The van der Waals surface area contributed by atoms with Crippen LogP contribution in [0, 0.1) is 0 Å². The molecule has 0 fully saturated rings. The smallest absolute Gasteiger partial charge is 0.259 e. The van der Waals surface area contributed by atoms with Crippen LogP contribution in [-0.2, 0) is 0 Å². The molecular weight excluding hydrogens is 344 g/mol. The number of aromatic hydroxyl groups is 1. The molecule has 0 unspecified atom stereocenters. The second kappa shape index (κ2) is 6.84. The second-order valence-electron chi connectivity index (χ2n) is 5.95. The number of nitrogens with zero attached hydrogens (tertiary/aromatic N) is 1. The van der Waals surface area contributed by atoms with Crippen LogP contribution in [-0.4, -0.2) is 23.1 Å². The van der Waals surface area contributed by atoms with E-state index in [1.807, 2.05) is 24.3 Å². The molecule has 2 N–H and O–H groups in total. The third-order valence-corrected chi connectivity index (χ3v) is 4.27. The topological polar surface area (TPSA) is 84.6 Å². The van der Waals surface area contributed by atoms with Crippen molar-refractivity contribution in [2.45, 2.75) is 0 Å². The minimum absolute atomic E-state index is 0.0727. The highest BCUT2D eigenvalue weighted by atomic mass is 16.5. The van der Waals surface area contributed by atoms with E-state index in [1.165, 1.54) is 13.5 Å². The minimum Gasteiger partial charge on any atom is -0.507 e. The van der Waals surface area contributed by atoms with Crippen LogP contribution in [0.3, 0.4) is 0 Å². The van der Waals surface area contributed by atoms with Crippen LogP contribution < -0.4 is 10.1 Å². The van der Waals surface area contributed by atoms with Crippen molar-refractivity contribution >= 4 is 22.4 Å². The molecule has 0 saturated carbocycles. The maximum Gasteiger partial charge on any atom is 0.259 e. The molecule has 1 aromatic heterocycles. The van der Waals surface area contributed by atoms with Crippen molar-refractivity contribution < 1.29 is 19.1 Å². The van der Waals surface area contributed by atoms with Gasteiger partial charge in [-0.1, -0.05) is 24.3 Å². The second-order valence-corrected chi connectivity index (χ2v) is 5.95. The Morgan fingerprint density at radius 1 is 1.11 bits per heavy atom. The maximum absolute atomic E-state index is 12.7. The Bertz CT molecular complexity index is 1120. The fraction of sp³-hybridized carbons (Fsp3) is 0.0476. The fourth-order valence-corrected chi connectivity index (χ4v) is 2.93. The number of aromatic nitrogens is 1. The van der Waals surface area contributed by atoms with Crippen LogP contribution >= 0.6 is 0 Å². The van der Waals surface area contributed by atoms with Crippen molar-refractivity contribution in [3.8, 4) is 22.8 Å². The highest BCUT2D eigenvalue weighted by Crippen LogP contribution is 2.33. The lowest BCUT2D eigenvalue weighted by atomic mass is 10.1. The first-order chi connectivity index (χ1) is 13.2.